The van der Waals surface area contributed by atoms with Gasteiger partial charge in [0.2, 0.25) is 0 Å². The molecule has 0 aliphatic carbocycles. The number of halogens is 1. The first kappa shape index (κ1) is 12.0. The molecule has 0 fully saturated rings. The second-order valence-corrected chi connectivity index (χ2v) is 4.35. The molecular weight excluding hydrogens is 237 g/mol. The van der Waals surface area contributed by atoms with Crippen LogP contribution in [0.1, 0.15) is 24.7 Å². The molecule has 1 aromatic carbocycles. The Balaban J connectivity index is 2.63. The summed E-state index contributed by atoms with van der Waals surface area (Å²) in [6.45, 7) is 4.00. The van der Waals surface area contributed by atoms with E-state index in [1.165, 1.54) is 12.1 Å². The van der Waals surface area contributed by atoms with Crippen LogP contribution in [0.25, 0.3) is 5.69 Å². The van der Waals surface area contributed by atoms with Gasteiger partial charge in [0.1, 0.15) is 11.6 Å². The van der Waals surface area contributed by atoms with Gasteiger partial charge in [-0.2, -0.15) is 5.10 Å². The highest BCUT2D eigenvalue weighted by molar-refractivity contribution is 7.71. The van der Waals surface area contributed by atoms with E-state index < -0.39 is 0 Å². The second-order valence-electron chi connectivity index (χ2n) is 3.96. The van der Waals surface area contributed by atoms with E-state index in [1.54, 1.807) is 10.6 Å². The first-order valence-corrected chi connectivity index (χ1v) is 5.97. The number of nitrogens with one attached hydrogen (secondary N) is 1. The van der Waals surface area contributed by atoms with Crippen LogP contribution >= 0.6 is 12.2 Å². The molecule has 0 bridgehead atoms. The van der Waals surface area contributed by atoms with Gasteiger partial charge in [0.05, 0.1) is 5.69 Å². The molecule has 2 rings (SSSR count). The summed E-state index contributed by atoms with van der Waals surface area (Å²) in [5, 5.41) is 6.94. The smallest absolute Gasteiger partial charge is 0.199 e. The Morgan fingerprint density at radius 2 is 2.24 bits per heavy atom. The lowest BCUT2D eigenvalue weighted by Gasteiger charge is -2.09. The maximum Gasteiger partial charge on any atom is 0.199 e. The molecule has 3 nitrogen and oxygen atoms in total. The Bertz CT molecular complexity index is 586. The molecule has 0 aliphatic rings. The summed E-state index contributed by atoms with van der Waals surface area (Å²) in [6.07, 6.45) is 1.77. The molecule has 2 aromatic rings. The van der Waals surface area contributed by atoms with E-state index >= 15 is 0 Å². The monoisotopic (exact) mass is 251 g/mol. The molecule has 17 heavy (non-hydrogen) atoms. The molecular formula is C12H14FN3S. The van der Waals surface area contributed by atoms with Gasteiger partial charge in [-0.1, -0.05) is 13.0 Å². The van der Waals surface area contributed by atoms with E-state index in [2.05, 4.69) is 17.1 Å². The number of aromatic amines is 1. The average molecular weight is 251 g/mol. The Morgan fingerprint density at radius 3 is 2.94 bits per heavy atom. The standard InChI is InChI=1S/C12H14FN3S/c1-3-4-11-14-15-12(17)16(11)10-7-9(13)6-5-8(10)2/h5-7H,3-4H2,1-2H3,(H,15,17). The number of nitrogens with zero attached hydrogens (tertiary/aromatic N) is 2. The number of H-pyrrole nitrogens is 1. The van der Waals surface area contributed by atoms with Gasteiger partial charge in [0.15, 0.2) is 4.77 Å². The zero-order chi connectivity index (χ0) is 12.4. The first-order chi connectivity index (χ1) is 8.13. The van der Waals surface area contributed by atoms with Crippen molar-refractivity contribution in [1.29, 1.82) is 0 Å². The van der Waals surface area contributed by atoms with Crippen molar-refractivity contribution < 1.29 is 4.39 Å². The molecule has 0 amide bonds. The number of rotatable bonds is 3. The van der Waals surface area contributed by atoms with Crippen molar-refractivity contribution >= 4 is 12.2 Å². The molecule has 0 saturated carbocycles. The Hall–Kier alpha value is -1.49. The molecule has 1 aromatic heterocycles. The highest BCUT2D eigenvalue weighted by Crippen LogP contribution is 2.18. The number of benzene rings is 1. The van der Waals surface area contributed by atoms with Crippen LogP contribution in [0.4, 0.5) is 4.39 Å². The molecule has 0 atom stereocenters. The minimum absolute atomic E-state index is 0.267. The summed E-state index contributed by atoms with van der Waals surface area (Å²) in [6, 6.07) is 4.68. The van der Waals surface area contributed by atoms with Crippen LogP contribution in [-0.4, -0.2) is 14.8 Å². The van der Waals surface area contributed by atoms with Crippen LogP contribution in [0.3, 0.4) is 0 Å². The van der Waals surface area contributed by atoms with Gasteiger partial charge in [-0.15, -0.1) is 0 Å². The highest BCUT2D eigenvalue weighted by Gasteiger charge is 2.10. The summed E-state index contributed by atoms with van der Waals surface area (Å²) in [4.78, 5) is 0. The third-order valence-corrected chi connectivity index (χ3v) is 2.90. The van der Waals surface area contributed by atoms with Crippen molar-refractivity contribution in [1.82, 2.24) is 14.8 Å². The number of aromatic nitrogens is 3. The van der Waals surface area contributed by atoms with E-state index in [0.717, 1.165) is 29.9 Å². The maximum atomic E-state index is 13.3. The van der Waals surface area contributed by atoms with Crippen LogP contribution in [0.15, 0.2) is 18.2 Å². The lowest BCUT2D eigenvalue weighted by atomic mass is 10.2. The van der Waals surface area contributed by atoms with Crippen molar-refractivity contribution in [2.75, 3.05) is 0 Å². The average Bonchev–Trinajstić information content (AvgIpc) is 2.64. The normalized spacial score (nSPS) is 10.8. The SMILES string of the molecule is CCCc1n[nH]c(=S)n1-c1cc(F)ccc1C. The fraction of sp³-hybridized carbons (Fsp3) is 0.333. The van der Waals surface area contributed by atoms with Gasteiger partial charge >= 0.3 is 0 Å². The summed E-state index contributed by atoms with van der Waals surface area (Å²) in [7, 11) is 0. The molecule has 90 valence electrons. The quantitative estimate of drug-likeness (QED) is 0.849. The Labute approximate surface area is 104 Å². The van der Waals surface area contributed by atoms with Crippen LogP contribution in [0.2, 0.25) is 0 Å². The fourth-order valence-corrected chi connectivity index (χ4v) is 2.04. The van der Waals surface area contributed by atoms with Gasteiger partial charge in [0.25, 0.3) is 0 Å². The predicted molar refractivity (Wildman–Crippen MR) is 67.4 cm³/mol. The van der Waals surface area contributed by atoms with Crippen molar-refractivity contribution in [2.24, 2.45) is 0 Å². The third-order valence-electron chi connectivity index (χ3n) is 2.63. The van der Waals surface area contributed by atoms with Gasteiger partial charge < -0.3 is 0 Å². The van der Waals surface area contributed by atoms with Crippen LogP contribution in [-0.2, 0) is 6.42 Å². The summed E-state index contributed by atoms with van der Waals surface area (Å²) in [5.74, 6) is 0.572. The zero-order valence-corrected chi connectivity index (χ0v) is 10.6. The molecule has 0 unspecified atom stereocenters. The summed E-state index contributed by atoms with van der Waals surface area (Å²) < 4.78 is 15.6. The minimum Gasteiger partial charge on any atom is -0.272 e. The van der Waals surface area contributed by atoms with Crippen molar-refractivity contribution in [3.63, 3.8) is 0 Å². The van der Waals surface area contributed by atoms with Crippen molar-refractivity contribution in [3.05, 3.63) is 40.2 Å². The first-order valence-electron chi connectivity index (χ1n) is 5.56. The molecule has 0 radical (unpaired) electrons. The van der Waals surface area contributed by atoms with Crippen molar-refractivity contribution in [2.45, 2.75) is 26.7 Å². The number of hydrogen-bond donors (Lipinski definition) is 1. The van der Waals surface area contributed by atoms with E-state index in [1.807, 2.05) is 6.92 Å². The van der Waals surface area contributed by atoms with E-state index in [-0.39, 0.29) is 5.82 Å². The lowest BCUT2D eigenvalue weighted by molar-refractivity contribution is 0.625. The third kappa shape index (κ3) is 2.29. The summed E-state index contributed by atoms with van der Waals surface area (Å²) >= 11 is 5.19. The fourth-order valence-electron chi connectivity index (χ4n) is 1.79. The van der Waals surface area contributed by atoms with Crippen molar-refractivity contribution in [3.8, 4) is 5.69 Å². The maximum absolute atomic E-state index is 13.3. The Kier molecular flexibility index (Phi) is 3.38. The second kappa shape index (κ2) is 4.79. The zero-order valence-electron chi connectivity index (χ0n) is 9.83. The number of hydrogen-bond acceptors (Lipinski definition) is 2. The van der Waals surface area contributed by atoms with E-state index in [4.69, 9.17) is 12.2 Å². The predicted octanol–water partition coefficient (Wildman–Crippen LogP) is 3.33. The molecule has 1 heterocycles. The van der Waals surface area contributed by atoms with Gasteiger partial charge in [-0.3, -0.25) is 9.67 Å². The Morgan fingerprint density at radius 1 is 1.47 bits per heavy atom. The number of aryl methyl sites for hydroxylation is 2. The molecule has 5 heteroatoms. The van der Waals surface area contributed by atoms with E-state index in [0.29, 0.717) is 4.77 Å². The summed E-state index contributed by atoms with van der Waals surface area (Å²) in [5.41, 5.74) is 1.73. The highest BCUT2D eigenvalue weighted by atomic mass is 32.1. The van der Waals surface area contributed by atoms with Crippen LogP contribution in [0, 0.1) is 17.5 Å². The molecule has 0 spiro atoms. The van der Waals surface area contributed by atoms with Gasteiger partial charge in [0, 0.05) is 6.42 Å². The topological polar surface area (TPSA) is 33.6 Å². The van der Waals surface area contributed by atoms with Gasteiger partial charge in [-0.05, 0) is 43.3 Å². The minimum atomic E-state index is -0.267. The molecule has 1 N–H and O–H groups in total. The molecule has 0 aliphatic heterocycles. The van der Waals surface area contributed by atoms with Crippen LogP contribution in [0.5, 0.6) is 0 Å². The van der Waals surface area contributed by atoms with E-state index in [9.17, 15) is 4.39 Å². The largest absolute Gasteiger partial charge is 0.272 e. The lowest BCUT2D eigenvalue weighted by Crippen LogP contribution is -2.03. The van der Waals surface area contributed by atoms with Gasteiger partial charge in [-0.25, -0.2) is 4.39 Å². The van der Waals surface area contributed by atoms with Crippen LogP contribution < -0.4 is 0 Å². The molecule has 0 saturated heterocycles.